The number of nitrogens with one attached hydrogen (secondary N) is 1. The monoisotopic (exact) mass is 334 g/mol. The van der Waals surface area contributed by atoms with E-state index in [2.05, 4.69) is 15.3 Å². The molecule has 1 aromatic heterocycles. The van der Waals surface area contributed by atoms with Gasteiger partial charge in [0.05, 0.1) is 20.8 Å². The Balaban J connectivity index is 2.11. The van der Waals surface area contributed by atoms with Gasteiger partial charge in [-0.2, -0.15) is 0 Å². The standard InChI is InChI=1S/C14H8ClFN4O3/c15-9-2-1-7(3-10(9)16)19-14-8-4-12(20(22)23)13(21)5-11(8)17-6-18-14/h1-6,21H,(H,17,18,19). The highest BCUT2D eigenvalue weighted by atomic mass is 35.5. The number of nitro groups is 1. The molecule has 0 saturated heterocycles. The molecule has 0 spiro atoms. The van der Waals surface area contributed by atoms with Gasteiger partial charge in [-0.25, -0.2) is 14.4 Å². The number of halogens is 2. The zero-order chi connectivity index (χ0) is 16.6. The zero-order valence-electron chi connectivity index (χ0n) is 11.3. The number of benzene rings is 2. The highest BCUT2D eigenvalue weighted by Gasteiger charge is 2.17. The van der Waals surface area contributed by atoms with Crippen molar-refractivity contribution in [2.75, 3.05) is 5.32 Å². The first-order valence-corrected chi connectivity index (χ1v) is 6.67. The molecule has 0 radical (unpaired) electrons. The summed E-state index contributed by atoms with van der Waals surface area (Å²) >= 11 is 5.62. The van der Waals surface area contributed by atoms with E-state index in [-0.39, 0.29) is 10.8 Å². The van der Waals surface area contributed by atoms with E-state index in [1.165, 1.54) is 30.6 Å². The Labute approximate surface area is 133 Å². The van der Waals surface area contributed by atoms with Gasteiger partial charge in [-0.3, -0.25) is 10.1 Å². The zero-order valence-corrected chi connectivity index (χ0v) is 12.1. The molecule has 0 aliphatic carbocycles. The molecule has 0 unspecified atom stereocenters. The molecule has 116 valence electrons. The molecule has 0 aliphatic rings. The summed E-state index contributed by atoms with van der Waals surface area (Å²) in [6, 6.07) is 6.40. The van der Waals surface area contributed by atoms with Gasteiger partial charge >= 0.3 is 5.69 Å². The number of nitrogens with zero attached hydrogens (tertiary/aromatic N) is 3. The number of hydrogen-bond donors (Lipinski definition) is 2. The normalized spacial score (nSPS) is 10.7. The fourth-order valence-electron chi connectivity index (χ4n) is 2.04. The Bertz CT molecular complexity index is 935. The molecule has 1 heterocycles. The van der Waals surface area contributed by atoms with Crippen molar-refractivity contribution in [2.24, 2.45) is 0 Å². The molecule has 3 aromatic rings. The van der Waals surface area contributed by atoms with Gasteiger partial charge in [0, 0.05) is 17.8 Å². The molecule has 7 nitrogen and oxygen atoms in total. The molecule has 0 atom stereocenters. The summed E-state index contributed by atoms with van der Waals surface area (Å²) in [6.45, 7) is 0. The van der Waals surface area contributed by atoms with E-state index < -0.39 is 22.2 Å². The molecule has 2 N–H and O–H groups in total. The first kappa shape index (κ1) is 14.9. The van der Waals surface area contributed by atoms with Crippen LogP contribution in [0, 0.1) is 15.9 Å². The number of aromatic hydroxyl groups is 1. The number of fused-ring (bicyclic) bond motifs is 1. The highest BCUT2D eigenvalue weighted by molar-refractivity contribution is 6.30. The summed E-state index contributed by atoms with van der Waals surface area (Å²) in [6.07, 6.45) is 1.22. The number of nitro benzene ring substituents is 1. The number of phenols is 1. The second kappa shape index (κ2) is 5.65. The summed E-state index contributed by atoms with van der Waals surface area (Å²) < 4.78 is 13.5. The highest BCUT2D eigenvalue weighted by Crippen LogP contribution is 2.33. The van der Waals surface area contributed by atoms with Crippen molar-refractivity contribution in [3.63, 3.8) is 0 Å². The van der Waals surface area contributed by atoms with E-state index in [0.717, 1.165) is 6.07 Å². The summed E-state index contributed by atoms with van der Waals surface area (Å²) in [5.41, 5.74) is 0.195. The van der Waals surface area contributed by atoms with Crippen molar-refractivity contribution >= 4 is 39.7 Å². The van der Waals surface area contributed by atoms with Crippen molar-refractivity contribution in [3.8, 4) is 5.75 Å². The predicted molar refractivity (Wildman–Crippen MR) is 82.5 cm³/mol. The van der Waals surface area contributed by atoms with E-state index in [1.807, 2.05) is 0 Å². The average molecular weight is 335 g/mol. The van der Waals surface area contributed by atoms with Crippen LogP contribution in [0.5, 0.6) is 5.75 Å². The molecular formula is C14H8ClFN4O3. The number of rotatable bonds is 3. The summed E-state index contributed by atoms with van der Waals surface area (Å²) in [7, 11) is 0. The Kier molecular flexibility index (Phi) is 3.67. The minimum Gasteiger partial charge on any atom is -0.502 e. The summed E-state index contributed by atoms with van der Waals surface area (Å²) in [5.74, 6) is -0.872. The van der Waals surface area contributed by atoms with Crippen LogP contribution in [0.3, 0.4) is 0 Å². The lowest BCUT2D eigenvalue weighted by Gasteiger charge is -2.09. The number of phenolic OH excluding ortho intramolecular Hbond substituents is 1. The summed E-state index contributed by atoms with van der Waals surface area (Å²) in [5, 5.41) is 23.7. The molecule has 0 amide bonds. The van der Waals surface area contributed by atoms with E-state index in [1.54, 1.807) is 0 Å². The van der Waals surface area contributed by atoms with Gasteiger partial charge < -0.3 is 10.4 Å². The Morgan fingerprint density at radius 1 is 1.26 bits per heavy atom. The van der Waals surface area contributed by atoms with Crippen LogP contribution in [0.2, 0.25) is 5.02 Å². The van der Waals surface area contributed by atoms with Crippen LogP contribution in [0.15, 0.2) is 36.7 Å². The third-order valence-corrected chi connectivity index (χ3v) is 3.42. The third-order valence-electron chi connectivity index (χ3n) is 3.11. The minimum atomic E-state index is -0.715. The fourth-order valence-corrected chi connectivity index (χ4v) is 2.15. The lowest BCUT2D eigenvalue weighted by molar-refractivity contribution is -0.385. The SMILES string of the molecule is O=[N+]([O-])c1cc2c(Nc3ccc(Cl)c(F)c3)ncnc2cc1O. The first-order chi connectivity index (χ1) is 11.0. The Hall–Kier alpha value is -3.00. The van der Waals surface area contributed by atoms with E-state index in [0.29, 0.717) is 16.6 Å². The molecule has 0 aliphatic heterocycles. The fraction of sp³-hybridized carbons (Fsp3) is 0. The molecule has 0 bridgehead atoms. The van der Waals surface area contributed by atoms with Crippen molar-refractivity contribution < 1.29 is 14.4 Å². The maximum Gasteiger partial charge on any atom is 0.311 e. The van der Waals surface area contributed by atoms with Gasteiger partial charge in [-0.05, 0) is 18.2 Å². The van der Waals surface area contributed by atoms with Crippen LogP contribution in [-0.4, -0.2) is 20.0 Å². The lowest BCUT2D eigenvalue weighted by Crippen LogP contribution is -1.98. The first-order valence-electron chi connectivity index (χ1n) is 6.30. The van der Waals surface area contributed by atoms with Crippen molar-refractivity contribution in [2.45, 2.75) is 0 Å². The second-order valence-electron chi connectivity index (χ2n) is 4.59. The second-order valence-corrected chi connectivity index (χ2v) is 5.00. The van der Waals surface area contributed by atoms with E-state index >= 15 is 0 Å². The number of hydrogen-bond acceptors (Lipinski definition) is 6. The van der Waals surface area contributed by atoms with Crippen LogP contribution in [-0.2, 0) is 0 Å². The van der Waals surface area contributed by atoms with Crippen molar-refractivity contribution in [1.29, 1.82) is 0 Å². The van der Waals surface area contributed by atoms with Gasteiger partial charge in [0.2, 0.25) is 0 Å². The molecule has 9 heteroatoms. The van der Waals surface area contributed by atoms with Gasteiger partial charge in [-0.15, -0.1) is 0 Å². The smallest absolute Gasteiger partial charge is 0.311 e. The average Bonchev–Trinajstić information content (AvgIpc) is 2.50. The Morgan fingerprint density at radius 3 is 2.74 bits per heavy atom. The number of aromatic nitrogens is 2. The van der Waals surface area contributed by atoms with Crippen molar-refractivity contribution in [3.05, 3.63) is 57.6 Å². The van der Waals surface area contributed by atoms with Crippen LogP contribution in [0.1, 0.15) is 0 Å². The molecule has 0 saturated carbocycles. The lowest BCUT2D eigenvalue weighted by atomic mass is 10.2. The topological polar surface area (TPSA) is 101 Å². The predicted octanol–water partition coefficient (Wildman–Crippen LogP) is 3.78. The van der Waals surface area contributed by atoms with Crippen LogP contribution >= 0.6 is 11.6 Å². The van der Waals surface area contributed by atoms with E-state index in [4.69, 9.17) is 11.6 Å². The van der Waals surface area contributed by atoms with E-state index in [9.17, 15) is 19.6 Å². The molecule has 3 rings (SSSR count). The Morgan fingerprint density at radius 2 is 2.04 bits per heavy atom. The van der Waals surface area contributed by atoms with Crippen LogP contribution in [0.4, 0.5) is 21.6 Å². The minimum absolute atomic E-state index is 0.0244. The van der Waals surface area contributed by atoms with Gasteiger partial charge in [0.1, 0.15) is 18.0 Å². The summed E-state index contributed by atoms with van der Waals surface area (Å²) in [4.78, 5) is 18.2. The van der Waals surface area contributed by atoms with Gasteiger partial charge in [0.15, 0.2) is 5.75 Å². The van der Waals surface area contributed by atoms with Gasteiger partial charge in [-0.1, -0.05) is 11.6 Å². The van der Waals surface area contributed by atoms with Crippen LogP contribution in [0.25, 0.3) is 10.9 Å². The molecule has 0 fully saturated rings. The maximum absolute atomic E-state index is 13.5. The largest absolute Gasteiger partial charge is 0.502 e. The molecule has 2 aromatic carbocycles. The van der Waals surface area contributed by atoms with Crippen molar-refractivity contribution in [1.82, 2.24) is 9.97 Å². The third kappa shape index (κ3) is 2.84. The molecular weight excluding hydrogens is 327 g/mol. The quantitative estimate of drug-likeness (QED) is 0.558. The van der Waals surface area contributed by atoms with Crippen LogP contribution < -0.4 is 5.32 Å². The maximum atomic E-state index is 13.5. The molecule has 23 heavy (non-hydrogen) atoms. The number of anilines is 2. The van der Waals surface area contributed by atoms with Gasteiger partial charge in [0.25, 0.3) is 0 Å².